The Morgan fingerprint density at radius 2 is 1.90 bits per heavy atom. The van der Waals surface area contributed by atoms with E-state index in [2.05, 4.69) is 10.1 Å². The second-order valence-corrected chi connectivity index (χ2v) is 7.49. The van der Waals surface area contributed by atoms with Crippen molar-refractivity contribution in [1.29, 1.82) is 0 Å². The minimum Gasteiger partial charge on any atom is -0.478 e. The Morgan fingerprint density at radius 3 is 2.53 bits per heavy atom. The fourth-order valence-electron chi connectivity index (χ4n) is 3.60. The van der Waals surface area contributed by atoms with Crippen molar-refractivity contribution in [2.45, 2.75) is 24.7 Å². The van der Waals surface area contributed by atoms with E-state index in [0.29, 0.717) is 27.7 Å². The third-order valence-electron chi connectivity index (χ3n) is 4.98. The monoisotopic (exact) mass is 423 g/mol. The smallest absolute Gasteiger partial charge is 0.335 e. The van der Waals surface area contributed by atoms with Crippen LogP contribution in [-0.2, 0) is 4.79 Å². The van der Waals surface area contributed by atoms with E-state index in [4.69, 9.17) is 0 Å². The molecule has 30 heavy (non-hydrogen) atoms. The quantitative estimate of drug-likeness (QED) is 0.493. The fourth-order valence-corrected chi connectivity index (χ4v) is 3.97. The summed E-state index contributed by atoms with van der Waals surface area (Å²) in [6.07, 6.45) is 1.33. The van der Waals surface area contributed by atoms with Gasteiger partial charge in [0.15, 0.2) is 0 Å². The summed E-state index contributed by atoms with van der Waals surface area (Å²) in [4.78, 5) is 41.7. The number of nitrogens with one attached hydrogen (secondary N) is 1. The maximum absolute atomic E-state index is 13.0. The number of carboxylic acids is 1. The summed E-state index contributed by atoms with van der Waals surface area (Å²) in [7, 11) is 0. The lowest BCUT2D eigenvalue weighted by Crippen LogP contribution is -2.60. The van der Waals surface area contributed by atoms with Gasteiger partial charge in [0.25, 0.3) is 6.17 Å². The standard InChI is InChI=1S/C21H18N4O4S/c1-3-16(26)24-15-7-5-4-6-14(15)17-18(27)22-21(30-2)23-25(17)19(24)12-8-10-13(11-9-12)20(28)29/h4-11,19H,3H2,1-2H3,(H-,22,23,27,28,29)/p+1. The zero-order valence-corrected chi connectivity index (χ0v) is 17.1. The second kappa shape index (κ2) is 7.75. The van der Waals surface area contributed by atoms with E-state index in [1.54, 1.807) is 47.0 Å². The van der Waals surface area contributed by atoms with Crippen LogP contribution in [0.15, 0.2) is 58.5 Å². The largest absolute Gasteiger partial charge is 0.478 e. The number of para-hydroxylation sites is 1. The number of carbonyl (C=O) groups is 2. The van der Waals surface area contributed by atoms with Gasteiger partial charge < -0.3 is 5.11 Å². The fraction of sp³-hybridized carbons (Fsp3) is 0.190. The van der Waals surface area contributed by atoms with Crippen molar-refractivity contribution < 1.29 is 19.4 Å². The molecule has 1 amide bonds. The number of aromatic nitrogens is 3. The molecule has 4 rings (SSSR count). The van der Waals surface area contributed by atoms with Gasteiger partial charge in [0.1, 0.15) is 0 Å². The zero-order chi connectivity index (χ0) is 21.4. The SMILES string of the molecule is CCC(=O)N1c2ccccc2-c2c(=O)[nH]c(SC)n[n+]2C1c1ccc(C(=O)O)cc1. The highest BCUT2D eigenvalue weighted by Gasteiger charge is 2.45. The molecule has 152 valence electrons. The number of thioether (sulfide) groups is 1. The number of benzene rings is 2. The average Bonchev–Trinajstić information content (AvgIpc) is 2.77. The number of anilines is 1. The molecule has 0 radical (unpaired) electrons. The number of carbonyl (C=O) groups excluding carboxylic acids is 1. The van der Waals surface area contributed by atoms with Crippen LogP contribution in [0.25, 0.3) is 11.3 Å². The average molecular weight is 423 g/mol. The molecular formula is C21H19N4O4S+. The first kappa shape index (κ1) is 19.8. The minimum atomic E-state index is -1.04. The van der Waals surface area contributed by atoms with Crippen molar-refractivity contribution in [1.82, 2.24) is 10.1 Å². The summed E-state index contributed by atoms with van der Waals surface area (Å²) in [6, 6.07) is 13.5. The topological polar surface area (TPSA) is 107 Å². The number of H-pyrrole nitrogens is 1. The van der Waals surface area contributed by atoms with E-state index in [-0.39, 0.29) is 23.5 Å². The molecule has 0 spiro atoms. The van der Waals surface area contributed by atoms with E-state index in [0.717, 1.165) is 0 Å². The molecule has 1 unspecified atom stereocenters. The van der Waals surface area contributed by atoms with Crippen molar-refractivity contribution in [2.24, 2.45) is 0 Å². The molecule has 1 aliphatic rings. The Balaban J connectivity index is 2.04. The van der Waals surface area contributed by atoms with Crippen LogP contribution in [0.3, 0.4) is 0 Å². The highest BCUT2D eigenvalue weighted by molar-refractivity contribution is 7.98. The summed E-state index contributed by atoms with van der Waals surface area (Å²) < 4.78 is 1.55. The summed E-state index contributed by atoms with van der Waals surface area (Å²) in [6.45, 7) is 1.77. The van der Waals surface area contributed by atoms with Crippen molar-refractivity contribution in [3.8, 4) is 11.3 Å². The Hall–Kier alpha value is -3.46. The Labute approximate surface area is 176 Å². The van der Waals surface area contributed by atoms with Gasteiger partial charge in [-0.2, -0.15) is 0 Å². The molecule has 1 aliphatic heterocycles. The summed E-state index contributed by atoms with van der Waals surface area (Å²) in [5.74, 6) is -1.18. The molecule has 2 N–H and O–H groups in total. The van der Waals surface area contributed by atoms with Crippen LogP contribution in [0.2, 0.25) is 0 Å². The normalized spacial score (nSPS) is 14.7. The van der Waals surface area contributed by atoms with Gasteiger partial charge in [0, 0.05) is 17.1 Å². The predicted octanol–water partition coefficient (Wildman–Crippen LogP) is 2.45. The van der Waals surface area contributed by atoms with Crippen LogP contribution in [0.5, 0.6) is 0 Å². The van der Waals surface area contributed by atoms with Crippen molar-refractivity contribution in [2.75, 3.05) is 11.2 Å². The molecule has 0 bridgehead atoms. The maximum atomic E-state index is 13.0. The van der Waals surface area contributed by atoms with Gasteiger partial charge in [-0.3, -0.25) is 14.6 Å². The molecule has 0 saturated carbocycles. The van der Waals surface area contributed by atoms with Gasteiger partial charge in [-0.15, -0.1) is 0 Å². The lowest BCUT2D eigenvalue weighted by Gasteiger charge is -2.32. The van der Waals surface area contributed by atoms with Gasteiger partial charge in [0.2, 0.25) is 11.1 Å². The molecule has 0 aliphatic carbocycles. The van der Waals surface area contributed by atoms with Gasteiger partial charge in [0.05, 0.1) is 16.8 Å². The van der Waals surface area contributed by atoms with Gasteiger partial charge in [-0.1, -0.05) is 30.8 Å². The summed E-state index contributed by atoms with van der Waals surface area (Å²) in [5.41, 5.74) is 2.04. The van der Waals surface area contributed by atoms with Crippen LogP contribution in [-0.4, -0.2) is 33.3 Å². The third-order valence-corrected chi connectivity index (χ3v) is 5.55. The molecule has 1 aromatic heterocycles. The van der Waals surface area contributed by atoms with Crippen LogP contribution < -0.4 is 15.1 Å². The number of hydrogen-bond donors (Lipinski definition) is 2. The van der Waals surface area contributed by atoms with E-state index in [1.807, 2.05) is 12.1 Å². The lowest BCUT2D eigenvalue weighted by atomic mass is 10.0. The Kier molecular flexibility index (Phi) is 5.13. The number of rotatable bonds is 4. The van der Waals surface area contributed by atoms with Crippen molar-refractivity contribution >= 4 is 29.3 Å². The van der Waals surface area contributed by atoms with E-state index < -0.39 is 12.1 Å². The van der Waals surface area contributed by atoms with E-state index in [9.17, 15) is 19.5 Å². The number of amides is 1. The molecule has 0 saturated heterocycles. The third kappa shape index (κ3) is 3.17. The lowest BCUT2D eigenvalue weighted by molar-refractivity contribution is -0.763. The van der Waals surface area contributed by atoms with E-state index in [1.165, 1.54) is 23.9 Å². The van der Waals surface area contributed by atoms with Gasteiger partial charge in [-0.05, 0) is 47.3 Å². The first-order chi connectivity index (χ1) is 14.5. The first-order valence-corrected chi connectivity index (χ1v) is 10.5. The molecule has 1 atom stereocenters. The van der Waals surface area contributed by atoms with Crippen LogP contribution in [0.4, 0.5) is 5.69 Å². The molecular weight excluding hydrogens is 404 g/mol. The Morgan fingerprint density at radius 1 is 1.20 bits per heavy atom. The molecule has 8 nitrogen and oxygen atoms in total. The zero-order valence-electron chi connectivity index (χ0n) is 16.3. The number of nitrogens with zero attached hydrogens (tertiary/aromatic N) is 3. The maximum Gasteiger partial charge on any atom is 0.335 e. The summed E-state index contributed by atoms with van der Waals surface area (Å²) in [5, 5.41) is 14.2. The van der Waals surface area contributed by atoms with Gasteiger partial charge in [-0.25, -0.2) is 9.69 Å². The molecule has 2 heterocycles. The Bertz CT molecular complexity index is 1210. The number of fused-ring (bicyclic) bond motifs is 3. The van der Waals surface area contributed by atoms with Crippen molar-refractivity contribution in [3.05, 3.63) is 70.0 Å². The van der Waals surface area contributed by atoms with Crippen LogP contribution in [0, 0.1) is 0 Å². The predicted molar refractivity (Wildman–Crippen MR) is 112 cm³/mol. The number of aromatic carboxylic acids is 1. The van der Waals surface area contributed by atoms with Crippen LogP contribution in [0.1, 0.15) is 35.4 Å². The molecule has 3 aromatic rings. The molecule has 0 fully saturated rings. The highest BCUT2D eigenvalue weighted by atomic mass is 32.2. The summed E-state index contributed by atoms with van der Waals surface area (Å²) >= 11 is 1.29. The van der Waals surface area contributed by atoms with Crippen molar-refractivity contribution in [3.63, 3.8) is 0 Å². The second-order valence-electron chi connectivity index (χ2n) is 6.69. The van der Waals surface area contributed by atoms with Crippen LogP contribution >= 0.6 is 11.8 Å². The number of carboxylic acid groups (broad SMARTS) is 1. The highest BCUT2D eigenvalue weighted by Crippen LogP contribution is 2.37. The van der Waals surface area contributed by atoms with Gasteiger partial charge >= 0.3 is 17.2 Å². The molecule has 9 heteroatoms. The molecule has 2 aromatic carbocycles. The minimum absolute atomic E-state index is 0.136. The number of hydrogen-bond acceptors (Lipinski definition) is 5. The number of aromatic amines is 1. The van der Waals surface area contributed by atoms with E-state index >= 15 is 0 Å². The first-order valence-electron chi connectivity index (χ1n) is 9.31.